The van der Waals surface area contributed by atoms with Crippen LogP contribution >= 0.6 is 0 Å². The first-order chi connectivity index (χ1) is 5.68. The molecule has 1 rings (SSSR count). The summed E-state index contributed by atoms with van der Waals surface area (Å²) in [6.45, 7) is 1.89. The zero-order valence-electron chi connectivity index (χ0n) is 7.00. The van der Waals surface area contributed by atoms with E-state index in [2.05, 4.69) is 0 Å². The highest BCUT2D eigenvalue weighted by molar-refractivity contribution is 5.49. The molecule has 1 nitrogen and oxygen atoms in total. The van der Waals surface area contributed by atoms with Crippen LogP contribution < -0.4 is 5.73 Å². The Morgan fingerprint density at radius 1 is 1.33 bits per heavy atom. The maximum atomic E-state index is 12.4. The summed E-state index contributed by atoms with van der Waals surface area (Å²) in [6.07, 6.45) is 3.75. The van der Waals surface area contributed by atoms with Crippen molar-refractivity contribution in [3.05, 3.63) is 41.7 Å². The van der Waals surface area contributed by atoms with Crippen LogP contribution in [-0.2, 0) is 0 Å². The molecule has 2 heteroatoms. The average Bonchev–Trinajstić information content (AvgIpc) is 2.03. The Morgan fingerprint density at radius 2 is 1.92 bits per heavy atom. The highest BCUT2D eigenvalue weighted by atomic mass is 19.1. The predicted octanol–water partition coefficient (Wildman–Crippen LogP) is 2.19. The molecular formula is C10H12FN. The van der Waals surface area contributed by atoms with Crippen LogP contribution in [-0.4, -0.2) is 6.04 Å². The summed E-state index contributed by atoms with van der Waals surface area (Å²) >= 11 is 0. The van der Waals surface area contributed by atoms with E-state index in [0.29, 0.717) is 0 Å². The van der Waals surface area contributed by atoms with Gasteiger partial charge in [0.2, 0.25) is 0 Å². The lowest BCUT2D eigenvalue weighted by Gasteiger charge is -1.95. The monoisotopic (exact) mass is 165 g/mol. The molecule has 12 heavy (non-hydrogen) atoms. The van der Waals surface area contributed by atoms with Crippen molar-refractivity contribution in [2.75, 3.05) is 0 Å². The van der Waals surface area contributed by atoms with Crippen molar-refractivity contribution in [1.29, 1.82) is 0 Å². The summed E-state index contributed by atoms with van der Waals surface area (Å²) in [5, 5.41) is 0. The van der Waals surface area contributed by atoms with Crippen molar-refractivity contribution in [2.24, 2.45) is 5.73 Å². The van der Waals surface area contributed by atoms with E-state index in [9.17, 15) is 4.39 Å². The van der Waals surface area contributed by atoms with Crippen LogP contribution in [0.5, 0.6) is 0 Å². The molecule has 0 fully saturated rings. The van der Waals surface area contributed by atoms with Crippen molar-refractivity contribution in [2.45, 2.75) is 13.0 Å². The van der Waals surface area contributed by atoms with Gasteiger partial charge in [0.15, 0.2) is 0 Å². The third-order valence-electron chi connectivity index (χ3n) is 1.46. The maximum absolute atomic E-state index is 12.4. The lowest BCUT2D eigenvalue weighted by Crippen LogP contribution is -2.09. The first kappa shape index (κ1) is 8.94. The number of benzene rings is 1. The molecule has 0 amide bonds. The zero-order chi connectivity index (χ0) is 8.97. The fraction of sp³-hybridized carbons (Fsp3) is 0.200. The first-order valence-electron chi connectivity index (χ1n) is 3.88. The molecule has 0 aliphatic rings. The van der Waals surface area contributed by atoms with E-state index < -0.39 is 0 Å². The Balaban J connectivity index is 2.71. The number of rotatable bonds is 2. The molecule has 0 unspecified atom stereocenters. The molecule has 0 aliphatic heterocycles. The normalized spacial score (nSPS) is 13.6. The minimum absolute atomic E-state index is 0.0371. The van der Waals surface area contributed by atoms with E-state index in [-0.39, 0.29) is 11.9 Å². The van der Waals surface area contributed by atoms with Gasteiger partial charge in [-0.2, -0.15) is 0 Å². The van der Waals surface area contributed by atoms with Crippen molar-refractivity contribution in [1.82, 2.24) is 0 Å². The van der Waals surface area contributed by atoms with E-state index >= 15 is 0 Å². The Bertz CT molecular complexity index is 262. The minimum Gasteiger partial charge on any atom is -0.325 e. The maximum Gasteiger partial charge on any atom is 0.123 e. The second-order valence-electron chi connectivity index (χ2n) is 2.77. The third-order valence-corrected chi connectivity index (χ3v) is 1.46. The molecule has 1 aromatic carbocycles. The zero-order valence-corrected chi connectivity index (χ0v) is 7.00. The molecule has 0 saturated carbocycles. The Labute approximate surface area is 71.7 Å². The van der Waals surface area contributed by atoms with Crippen molar-refractivity contribution in [3.63, 3.8) is 0 Å². The van der Waals surface area contributed by atoms with Crippen molar-refractivity contribution >= 4 is 6.08 Å². The molecule has 1 aromatic rings. The van der Waals surface area contributed by atoms with E-state index in [4.69, 9.17) is 5.73 Å². The summed E-state index contributed by atoms with van der Waals surface area (Å²) < 4.78 is 12.4. The summed E-state index contributed by atoms with van der Waals surface area (Å²) in [6, 6.07) is 6.33. The molecule has 0 spiro atoms. The van der Waals surface area contributed by atoms with Crippen LogP contribution in [0, 0.1) is 5.82 Å². The van der Waals surface area contributed by atoms with Gasteiger partial charge in [0.05, 0.1) is 0 Å². The number of nitrogens with two attached hydrogens (primary N) is 1. The Morgan fingerprint density at radius 3 is 2.42 bits per heavy atom. The van der Waals surface area contributed by atoms with Gasteiger partial charge in [0.1, 0.15) is 5.82 Å². The van der Waals surface area contributed by atoms with Gasteiger partial charge in [-0.05, 0) is 24.6 Å². The second-order valence-corrected chi connectivity index (χ2v) is 2.77. The fourth-order valence-electron chi connectivity index (χ4n) is 0.837. The van der Waals surface area contributed by atoms with Gasteiger partial charge in [0.25, 0.3) is 0 Å². The predicted molar refractivity (Wildman–Crippen MR) is 49.1 cm³/mol. The number of hydrogen-bond donors (Lipinski definition) is 1. The van der Waals surface area contributed by atoms with Crippen LogP contribution in [0.1, 0.15) is 12.5 Å². The van der Waals surface area contributed by atoms with Gasteiger partial charge in [-0.15, -0.1) is 0 Å². The quantitative estimate of drug-likeness (QED) is 0.714. The van der Waals surface area contributed by atoms with Gasteiger partial charge in [-0.3, -0.25) is 0 Å². The van der Waals surface area contributed by atoms with E-state index in [1.807, 2.05) is 19.1 Å². The molecule has 0 heterocycles. The van der Waals surface area contributed by atoms with E-state index in [1.54, 1.807) is 12.1 Å². The van der Waals surface area contributed by atoms with E-state index in [0.717, 1.165) is 5.56 Å². The van der Waals surface area contributed by atoms with Gasteiger partial charge >= 0.3 is 0 Å². The standard InChI is InChI=1S/C10H12FN/c1-8(12)2-3-9-4-6-10(11)7-5-9/h2-8H,12H2,1H3/b3-2+/t8-/m1/s1. The summed E-state index contributed by atoms with van der Waals surface area (Å²) in [5.41, 5.74) is 6.48. The van der Waals surface area contributed by atoms with Crippen LogP contribution in [0.3, 0.4) is 0 Å². The highest BCUT2D eigenvalue weighted by Crippen LogP contribution is 2.04. The Hall–Kier alpha value is -1.15. The topological polar surface area (TPSA) is 26.0 Å². The smallest absolute Gasteiger partial charge is 0.123 e. The van der Waals surface area contributed by atoms with Crippen LogP contribution in [0.25, 0.3) is 6.08 Å². The minimum atomic E-state index is -0.215. The molecular weight excluding hydrogens is 153 g/mol. The van der Waals surface area contributed by atoms with E-state index in [1.165, 1.54) is 12.1 Å². The summed E-state index contributed by atoms with van der Waals surface area (Å²) in [5.74, 6) is -0.215. The summed E-state index contributed by atoms with van der Waals surface area (Å²) in [4.78, 5) is 0. The first-order valence-corrected chi connectivity index (χ1v) is 3.88. The third kappa shape index (κ3) is 2.84. The van der Waals surface area contributed by atoms with Gasteiger partial charge < -0.3 is 5.73 Å². The largest absolute Gasteiger partial charge is 0.325 e. The molecule has 0 aromatic heterocycles. The Kier molecular flexibility index (Phi) is 3.00. The van der Waals surface area contributed by atoms with Gasteiger partial charge in [-0.1, -0.05) is 24.3 Å². The highest BCUT2D eigenvalue weighted by Gasteiger charge is 1.89. The molecule has 0 saturated heterocycles. The lowest BCUT2D eigenvalue weighted by atomic mass is 10.2. The molecule has 1 atom stereocenters. The SMILES string of the molecule is C[C@@H](N)/C=C/c1ccc(F)cc1. The molecule has 0 radical (unpaired) electrons. The lowest BCUT2D eigenvalue weighted by molar-refractivity contribution is 0.628. The fourth-order valence-corrected chi connectivity index (χ4v) is 0.837. The van der Waals surface area contributed by atoms with Crippen LogP contribution in [0.2, 0.25) is 0 Å². The average molecular weight is 165 g/mol. The molecule has 2 N–H and O–H groups in total. The van der Waals surface area contributed by atoms with Crippen LogP contribution in [0.15, 0.2) is 30.3 Å². The van der Waals surface area contributed by atoms with Gasteiger partial charge in [-0.25, -0.2) is 4.39 Å². The van der Waals surface area contributed by atoms with Crippen molar-refractivity contribution < 1.29 is 4.39 Å². The second kappa shape index (κ2) is 4.02. The summed E-state index contributed by atoms with van der Waals surface area (Å²) in [7, 11) is 0. The van der Waals surface area contributed by atoms with Crippen LogP contribution in [0.4, 0.5) is 4.39 Å². The molecule has 0 aliphatic carbocycles. The number of halogens is 1. The molecule has 64 valence electrons. The number of hydrogen-bond acceptors (Lipinski definition) is 1. The molecule has 0 bridgehead atoms. The van der Waals surface area contributed by atoms with Gasteiger partial charge in [0, 0.05) is 6.04 Å². The van der Waals surface area contributed by atoms with Crippen molar-refractivity contribution in [3.8, 4) is 0 Å².